The van der Waals surface area contributed by atoms with Crippen LogP contribution in [0, 0.1) is 15.9 Å². The third kappa shape index (κ3) is 6.14. The minimum atomic E-state index is -0.653. The Kier molecular flexibility index (Phi) is 7.58. The number of anilines is 1. The highest BCUT2D eigenvalue weighted by Gasteiger charge is 2.22. The number of thioether (sulfide) groups is 1. The van der Waals surface area contributed by atoms with Gasteiger partial charge in [-0.15, -0.1) is 11.8 Å². The summed E-state index contributed by atoms with van der Waals surface area (Å²) in [5, 5.41) is 13.9. The van der Waals surface area contributed by atoms with Gasteiger partial charge < -0.3 is 19.5 Å². The second-order valence-corrected chi connectivity index (χ2v) is 8.39. The molecule has 35 heavy (non-hydrogen) atoms. The van der Waals surface area contributed by atoms with Crippen LogP contribution in [0.1, 0.15) is 21.5 Å². The van der Waals surface area contributed by atoms with E-state index in [0.717, 1.165) is 11.8 Å². The highest BCUT2D eigenvalue weighted by Crippen LogP contribution is 2.33. The van der Waals surface area contributed by atoms with E-state index in [1.54, 1.807) is 24.3 Å². The first-order chi connectivity index (χ1) is 16.9. The molecule has 0 aromatic heterocycles. The molecule has 3 aromatic carbocycles. The monoisotopic (exact) mass is 498 g/mol. The Hall–Kier alpha value is -3.96. The molecular weight excluding hydrogens is 479 g/mol. The van der Waals surface area contributed by atoms with Gasteiger partial charge in [0.15, 0.2) is 6.79 Å². The number of rotatable bonds is 8. The smallest absolute Gasteiger partial charge is 0.339 e. The normalized spacial score (nSPS) is 12.3. The highest BCUT2D eigenvalue weighted by molar-refractivity contribution is 8.00. The fourth-order valence-corrected chi connectivity index (χ4v) is 4.19. The molecule has 1 N–H and O–H groups in total. The molecule has 180 valence electrons. The van der Waals surface area contributed by atoms with Crippen LogP contribution in [0.4, 0.5) is 15.8 Å². The number of carbonyl (C=O) groups excluding carboxylic acids is 2. The lowest BCUT2D eigenvalue weighted by Crippen LogP contribution is -2.15. The van der Waals surface area contributed by atoms with Gasteiger partial charge in [0.05, 0.1) is 22.8 Å². The Morgan fingerprint density at radius 1 is 1.14 bits per heavy atom. The number of carbonyl (C=O) groups is 2. The first-order valence-electron chi connectivity index (χ1n) is 10.4. The summed E-state index contributed by atoms with van der Waals surface area (Å²) in [4.78, 5) is 36.3. The standard InChI is InChI=1S/C24H19FN2O7S/c25-17-5-7-18(8-6-17)26-22(28)13-35-21-4-2-1-3-20(21)24(29)33-12-16-10-19(27(30)31)9-15-11-32-14-34-23(15)16/h1-10H,11-14H2,(H,26,28). The minimum absolute atomic E-state index is 0.00784. The van der Waals surface area contributed by atoms with Crippen molar-refractivity contribution in [1.82, 2.24) is 0 Å². The van der Waals surface area contributed by atoms with Gasteiger partial charge >= 0.3 is 5.97 Å². The van der Waals surface area contributed by atoms with Gasteiger partial charge in [0, 0.05) is 33.8 Å². The first kappa shape index (κ1) is 24.2. The molecule has 0 radical (unpaired) electrons. The molecule has 0 fully saturated rings. The molecule has 1 aliphatic rings. The summed E-state index contributed by atoms with van der Waals surface area (Å²) in [6, 6.07) is 14.7. The van der Waals surface area contributed by atoms with Crippen molar-refractivity contribution in [3.05, 3.63) is 93.3 Å². The second-order valence-electron chi connectivity index (χ2n) is 7.38. The molecule has 0 saturated carbocycles. The quantitative estimate of drug-likeness (QED) is 0.206. The summed E-state index contributed by atoms with van der Waals surface area (Å²) < 4.78 is 29.1. The van der Waals surface area contributed by atoms with E-state index in [4.69, 9.17) is 14.2 Å². The first-order valence-corrected chi connectivity index (χ1v) is 11.3. The van der Waals surface area contributed by atoms with Gasteiger partial charge in [0.25, 0.3) is 5.69 Å². The zero-order valence-corrected chi connectivity index (χ0v) is 19.0. The Morgan fingerprint density at radius 3 is 2.69 bits per heavy atom. The van der Waals surface area contributed by atoms with E-state index in [2.05, 4.69) is 5.32 Å². The van der Waals surface area contributed by atoms with Crippen molar-refractivity contribution < 1.29 is 33.1 Å². The number of nitrogens with zero attached hydrogens (tertiary/aromatic N) is 1. The number of hydrogen-bond donors (Lipinski definition) is 1. The van der Waals surface area contributed by atoms with Crippen LogP contribution in [0.25, 0.3) is 0 Å². The molecule has 9 nitrogen and oxygen atoms in total. The lowest BCUT2D eigenvalue weighted by Gasteiger charge is -2.20. The third-order valence-corrected chi connectivity index (χ3v) is 6.01. The van der Waals surface area contributed by atoms with E-state index in [9.17, 15) is 24.1 Å². The van der Waals surface area contributed by atoms with Crippen molar-refractivity contribution in [2.75, 3.05) is 17.9 Å². The average molecular weight is 498 g/mol. The van der Waals surface area contributed by atoms with Crippen LogP contribution in [0.2, 0.25) is 0 Å². The van der Waals surface area contributed by atoms with Crippen LogP contribution < -0.4 is 10.1 Å². The van der Waals surface area contributed by atoms with E-state index in [1.807, 2.05) is 0 Å². The molecule has 1 aliphatic heterocycles. The van der Waals surface area contributed by atoms with Crippen molar-refractivity contribution in [2.24, 2.45) is 0 Å². The van der Waals surface area contributed by atoms with Gasteiger partial charge in [-0.25, -0.2) is 9.18 Å². The van der Waals surface area contributed by atoms with Gasteiger partial charge in [0.1, 0.15) is 18.2 Å². The molecule has 0 atom stereocenters. The molecule has 3 aromatic rings. The Balaban J connectivity index is 1.42. The molecule has 4 rings (SSSR count). The minimum Gasteiger partial charge on any atom is -0.467 e. The molecule has 0 unspecified atom stereocenters. The fourth-order valence-electron chi connectivity index (χ4n) is 3.35. The molecule has 1 heterocycles. The zero-order valence-electron chi connectivity index (χ0n) is 18.2. The van der Waals surface area contributed by atoms with E-state index >= 15 is 0 Å². The third-order valence-electron chi connectivity index (χ3n) is 4.93. The number of esters is 1. The van der Waals surface area contributed by atoms with Gasteiger partial charge in [0.2, 0.25) is 5.91 Å². The molecule has 0 aliphatic carbocycles. The Labute approximate surface area is 203 Å². The summed E-state index contributed by atoms with van der Waals surface area (Å²) in [5.74, 6) is -0.981. The summed E-state index contributed by atoms with van der Waals surface area (Å²) in [6.45, 7) is -0.102. The maximum atomic E-state index is 13.0. The van der Waals surface area contributed by atoms with Crippen LogP contribution in [0.5, 0.6) is 5.75 Å². The van der Waals surface area contributed by atoms with E-state index < -0.39 is 16.7 Å². The lowest BCUT2D eigenvalue weighted by atomic mass is 10.1. The number of fused-ring (bicyclic) bond motifs is 1. The summed E-state index contributed by atoms with van der Waals surface area (Å²) in [5.41, 5.74) is 1.40. The van der Waals surface area contributed by atoms with E-state index in [1.165, 1.54) is 36.4 Å². The second kappa shape index (κ2) is 11.0. The fraction of sp³-hybridized carbons (Fsp3) is 0.167. The number of hydrogen-bond acceptors (Lipinski definition) is 8. The van der Waals surface area contributed by atoms with Crippen LogP contribution in [-0.4, -0.2) is 29.3 Å². The van der Waals surface area contributed by atoms with Crippen LogP contribution in [0.3, 0.4) is 0 Å². The van der Waals surface area contributed by atoms with Crippen molar-refractivity contribution >= 4 is 35.0 Å². The van der Waals surface area contributed by atoms with Gasteiger partial charge in [-0.05, 0) is 36.4 Å². The zero-order chi connectivity index (χ0) is 24.8. The number of nitro groups is 1. The number of non-ortho nitro benzene ring substituents is 1. The largest absolute Gasteiger partial charge is 0.467 e. The van der Waals surface area contributed by atoms with Crippen molar-refractivity contribution in [3.8, 4) is 5.75 Å². The molecule has 0 bridgehead atoms. The predicted octanol–water partition coefficient (Wildman–Crippen LogP) is 4.69. The van der Waals surface area contributed by atoms with Crippen LogP contribution in [0.15, 0.2) is 65.6 Å². The molecular formula is C24H19FN2O7S. The van der Waals surface area contributed by atoms with Gasteiger partial charge in [-0.2, -0.15) is 0 Å². The Morgan fingerprint density at radius 2 is 1.91 bits per heavy atom. The van der Waals surface area contributed by atoms with E-state index in [0.29, 0.717) is 27.5 Å². The molecule has 11 heteroatoms. The van der Waals surface area contributed by atoms with Crippen LogP contribution in [-0.2, 0) is 27.5 Å². The number of ether oxygens (including phenoxy) is 3. The topological polar surface area (TPSA) is 117 Å². The Bertz CT molecular complexity index is 1270. The SMILES string of the molecule is O=C(CSc1ccccc1C(=O)OCc1cc([N+](=O)[O-])cc2c1OCOC2)Nc1ccc(F)cc1. The molecule has 0 saturated heterocycles. The summed E-state index contributed by atoms with van der Waals surface area (Å²) in [6.07, 6.45) is 0. The van der Waals surface area contributed by atoms with Crippen molar-refractivity contribution in [1.29, 1.82) is 0 Å². The number of amides is 1. The average Bonchev–Trinajstić information content (AvgIpc) is 2.87. The summed E-state index contributed by atoms with van der Waals surface area (Å²) >= 11 is 1.14. The predicted molar refractivity (Wildman–Crippen MR) is 125 cm³/mol. The van der Waals surface area contributed by atoms with E-state index in [-0.39, 0.29) is 42.9 Å². The highest BCUT2D eigenvalue weighted by atomic mass is 32.2. The summed E-state index contributed by atoms with van der Waals surface area (Å²) in [7, 11) is 0. The van der Waals surface area contributed by atoms with Gasteiger partial charge in [-0.1, -0.05) is 12.1 Å². The molecule has 0 spiro atoms. The number of nitro benzene ring substituents is 1. The van der Waals surface area contributed by atoms with Crippen molar-refractivity contribution in [2.45, 2.75) is 18.1 Å². The van der Waals surface area contributed by atoms with Crippen LogP contribution >= 0.6 is 11.8 Å². The maximum absolute atomic E-state index is 13.0. The number of halogens is 1. The maximum Gasteiger partial charge on any atom is 0.339 e. The lowest BCUT2D eigenvalue weighted by molar-refractivity contribution is -0.385. The molecule has 1 amide bonds. The number of benzene rings is 3. The number of nitrogens with one attached hydrogen (secondary N) is 1. The van der Waals surface area contributed by atoms with Gasteiger partial charge in [-0.3, -0.25) is 14.9 Å². The van der Waals surface area contributed by atoms with Crippen molar-refractivity contribution in [3.63, 3.8) is 0 Å².